The summed E-state index contributed by atoms with van der Waals surface area (Å²) in [5, 5.41) is 6.19. The van der Waals surface area contributed by atoms with Crippen LogP contribution >= 0.6 is 11.3 Å². The molecular weight excluding hydrogens is 274 g/mol. The van der Waals surface area contributed by atoms with Gasteiger partial charge in [0.05, 0.1) is 18.7 Å². The second-order valence-electron chi connectivity index (χ2n) is 4.11. The van der Waals surface area contributed by atoms with Crippen LogP contribution in [-0.4, -0.2) is 29.1 Å². The van der Waals surface area contributed by atoms with Crippen molar-refractivity contribution >= 4 is 17.3 Å². The van der Waals surface area contributed by atoms with Crippen LogP contribution in [0.5, 0.6) is 0 Å². The smallest absolute Gasteiger partial charge is 0.307 e. The average Bonchev–Trinajstić information content (AvgIpc) is 2.94. The Kier molecular flexibility index (Phi) is 5.64. The molecule has 20 heavy (non-hydrogen) atoms. The van der Waals surface area contributed by atoms with Crippen molar-refractivity contribution in [3.8, 4) is 10.6 Å². The maximum atomic E-state index is 11.2. The number of hydrogen-bond donors (Lipinski definition) is 1. The highest BCUT2D eigenvalue weighted by Crippen LogP contribution is 2.22. The zero-order valence-electron chi connectivity index (χ0n) is 11.3. The summed E-state index contributed by atoms with van der Waals surface area (Å²) in [7, 11) is 0. The average molecular weight is 291 g/mol. The van der Waals surface area contributed by atoms with Gasteiger partial charge in [-0.2, -0.15) is 0 Å². The molecule has 0 radical (unpaired) electrons. The van der Waals surface area contributed by atoms with Gasteiger partial charge in [0.25, 0.3) is 0 Å². The molecule has 106 valence electrons. The molecule has 0 amide bonds. The number of esters is 1. The Labute approximate surface area is 122 Å². The minimum Gasteiger partial charge on any atom is -0.466 e. The van der Waals surface area contributed by atoms with Crippen molar-refractivity contribution in [2.45, 2.75) is 19.9 Å². The highest BCUT2D eigenvalue weighted by Gasteiger charge is 2.05. The minimum atomic E-state index is -0.171. The van der Waals surface area contributed by atoms with Crippen molar-refractivity contribution < 1.29 is 9.53 Å². The van der Waals surface area contributed by atoms with Crippen molar-refractivity contribution in [2.24, 2.45) is 0 Å². The lowest BCUT2D eigenvalue weighted by molar-refractivity contribution is -0.142. The van der Waals surface area contributed by atoms with Crippen LogP contribution in [0.15, 0.2) is 29.9 Å². The van der Waals surface area contributed by atoms with Gasteiger partial charge in [-0.1, -0.05) is 0 Å². The van der Waals surface area contributed by atoms with Gasteiger partial charge in [-0.25, -0.2) is 4.98 Å². The number of hydrogen-bond acceptors (Lipinski definition) is 6. The SMILES string of the molecule is CCOC(=O)CCNCc1csc(-c2ccncc2)n1. The molecule has 2 aromatic rings. The number of aromatic nitrogens is 2. The van der Waals surface area contributed by atoms with E-state index >= 15 is 0 Å². The fraction of sp³-hybridized carbons (Fsp3) is 0.357. The van der Waals surface area contributed by atoms with Gasteiger partial charge in [-0.3, -0.25) is 9.78 Å². The van der Waals surface area contributed by atoms with E-state index in [1.807, 2.05) is 17.5 Å². The van der Waals surface area contributed by atoms with Gasteiger partial charge in [0.2, 0.25) is 0 Å². The monoisotopic (exact) mass is 291 g/mol. The van der Waals surface area contributed by atoms with Gasteiger partial charge in [0, 0.05) is 36.4 Å². The Morgan fingerprint density at radius 1 is 1.40 bits per heavy atom. The predicted octanol–water partition coefficient (Wildman–Crippen LogP) is 2.25. The summed E-state index contributed by atoms with van der Waals surface area (Å²) in [6.07, 6.45) is 3.90. The first kappa shape index (κ1) is 14.6. The summed E-state index contributed by atoms with van der Waals surface area (Å²) < 4.78 is 4.86. The Bertz CT molecular complexity index is 542. The highest BCUT2D eigenvalue weighted by atomic mass is 32.1. The molecule has 2 rings (SSSR count). The second-order valence-corrected chi connectivity index (χ2v) is 4.97. The molecule has 1 N–H and O–H groups in total. The summed E-state index contributed by atoms with van der Waals surface area (Å²) in [6, 6.07) is 3.88. The van der Waals surface area contributed by atoms with E-state index in [1.165, 1.54) is 0 Å². The minimum absolute atomic E-state index is 0.171. The standard InChI is InChI=1S/C14H17N3O2S/c1-2-19-13(18)5-8-16-9-12-10-20-14(17-12)11-3-6-15-7-4-11/h3-4,6-7,10,16H,2,5,8-9H2,1H3. The third-order valence-corrected chi connectivity index (χ3v) is 3.54. The van der Waals surface area contributed by atoms with E-state index in [0.29, 0.717) is 26.1 Å². The molecule has 0 unspecified atom stereocenters. The second kappa shape index (κ2) is 7.72. The van der Waals surface area contributed by atoms with Crippen LogP contribution in [0.3, 0.4) is 0 Å². The fourth-order valence-electron chi connectivity index (χ4n) is 1.66. The third kappa shape index (κ3) is 4.40. The molecule has 0 aliphatic rings. The Morgan fingerprint density at radius 2 is 2.20 bits per heavy atom. The van der Waals surface area contributed by atoms with E-state index in [4.69, 9.17) is 4.74 Å². The molecule has 5 nitrogen and oxygen atoms in total. The van der Waals surface area contributed by atoms with Crippen molar-refractivity contribution in [3.05, 3.63) is 35.6 Å². The quantitative estimate of drug-likeness (QED) is 0.626. The van der Waals surface area contributed by atoms with Gasteiger partial charge in [0.1, 0.15) is 5.01 Å². The summed E-state index contributed by atoms with van der Waals surface area (Å²) in [4.78, 5) is 19.7. The Morgan fingerprint density at radius 3 is 2.95 bits per heavy atom. The van der Waals surface area contributed by atoms with Gasteiger partial charge in [-0.05, 0) is 19.1 Å². The molecule has 0 saturated carbocycles. The summed E-state index contributed by atoms with van der Waals surface area (Å²) in [6.45, 7) is 3.49. The lowest BCUT2D eigenvalue weighted by Crippen LogP contribution is -2.19. The number of carbonyl (C=O) groups excluding carboxylic acids is 1. The van der Waals surface area contributed by atoms with E-state index in [9.17, 15) is 4.79 Å². The van der Waals surface area contributed by atoms with Crippen LogP contribution in [0.4, 0.5) is 0 Å². The summed E-state index contributed by atoms with van der Waals surface area (Å²) in [5.74, 6) is -0.171. The predicted molar refractivity (Wildman–Crippen MR) is 78.3 cm³/mol. The zero-order valence-corrected chi connectivity index (χ0v) is 12.2. The van der Waals surface area contributed by atoms with Crippen LogP contribution in [0, 0.1) is 0 Å². The lowest BCUT2D eigenvalue weighted by Gasteiger charge is -2.02. The number of rotatable bonds is 7. The van der Waals surface area contributed by atoms with E-state index in [2.05, 4.69) is 15.3 Å². The van der Waals surface area contributed by atoms with Crippen LogP contribution in [0.2, 0.25) is 0 Å². The third-order valence-electron chi connectivity index (χ3n) is 2.60. The molecule has 2 heterocycles. The summed E-state index contributed by atoms with van der Waals surface area (Å²) >= 11 is 1.60. The maximum absolute atomic E-state index is 11.2. The largest absolute Gasteiger partial charge is 0.466 e. The van der Waals surface area contributed by atoms with E-state index < -0.39 is 0 Å². The van der Waals surface area contributed by atoms with Crippen LogP contribution in [0.1, 0.15) is 19.0 Å². The molecule has 6 heteroatoms. The molecule has 0 aliphatic carbocycles. The van der Waals surface area contributed by atoms with Crippen LogP contribution < -0.4 is 5.32 Å². The molecule has 0 bridgehead atoms. The molecule has 0 fully saturated rings. The topological polar surface area (TPSA) is 64.1 Å². The maximum Gasteiger partial charge on any atom is 0.307 e. The van der Waals surface area contributed by atoms with Gasteiger partial charge in [0.15, 0.2) is 0 Å². The number of carbonyl (C=O) groups is 1. The van der Waals surface area contributed by atoms with Gasteiger partial charge >= 0.3 is 5.97 Å². The number of nitrogens with one attached hydrogen (secondary N) is 1. The van der Waals surface area contributed by atoms with Crippen molar-refractivity contribution in [1.29, 1.82) is 0 Å². The van der Waals surface area contributed by atoms with Gasteiger partial charge in [-0.15, -0.1) is 11.3 Å². The van der Waals surface area contributed by atoms with Crippen molar-refractivity contribution in [2.75, 3.05) is 13.2 Å². The first-order valence-corrected chi connectivity index (χ1v) is 7.38. The number of thiazole rings is 1. The fourth-order valence-corrected chi connectivity index (χ4v) is 2.48. The molecule has 0 atom stereocenters. The van der Waals surface area contributed by atoms with E-state index in [0.717, 1.165) is 16.3 Å². The summed E-state index contributed by atoms with van der Waals surface area (Å²) in [5.41, 5.74) is 2.05. The van der Waals surface area contributed by atoms with Crippen LogP contribution in [0.25, 0.3) is 10.6 Å². The first-order valence-electron chi connectivity index (χ1n) is 6.50. The number of pyridine rings is 1. The Balaban J connectivity index is 1.78. The van der Waals surface area contributed by atoms with E-state index in [1.54, 1.807) is 30.7 Å². The molecule has 0 saturated heterocycles. The number of ether oxygens (including phenoxy) is 1. The van der Waals surface area contributed by atoms with E-state index in [-0.39, 0.29) is 5.97 Å². The Hall–Kier alpha value is -1.79. The van der Waals surface area contributed by atoms with Gasteiger partial charge < -0.3 is 10.1 Å². The number of nitrogens with zero attached hydrogens (tertiary/aromatic N) is 2. The molecule has 0 spiro atoms. The van der Waals surface area contributed by atoms with Crippen molar-refractivity contribution in [1.82, 2.24) is 15.3 Å². The van der Waals surface area contributed by atoms with Crippen molar-refractivity contribution in [3.63, 3.8) is 0 Å². The molecule has 0 aromatic carbocycles. The van der Waals surface area contributed by atoms with Crippen LogP contribution in [-0.2, 0) is 16.1 Å². The zero-order chi connectivity index (χ0) is 14.2. The normalized spacial score (nSPS) is 10.4. The molecule has 0 aliphatic heterocycles. The highest BCUT2D eigenvalue weighted by molar-refractivity contribution is 7.13. The molecule has 2 aromatic heterocycles. The lowest BCUT2D eigenvalue weighted by atomic mass is 10.3. The first-order chi connectivity index (χ1) is 9.79. The molecular formula is C14H17N3O2S.